The smallest absolute Gasteiger partial charge is 0.402 e. The predicted molar refractivity (Wildman–Crippen MR) is 86.5 cm³/mol. The summed E-state index contributed by atoms with van der Waals surface area (Å²) in [6, 6.07) is 11.4. The van der Waals surface area contributed by atoms with Gasteiger partial charge in [-0.15, -0.1) is 0 Å². The molecule has 0 atom stereocenters. The number of carbonyl (C=O) groups excluding carboxylic acids is 4. The second kappa shape index (κ2) is 7.45. The fraction of sp³-hybridized carbons (Fsp3) is 0. The number of hydrogen-bond acceptors (Lipinski definition) is 6. The highest BCUT2D eigenvalue weighted by atomic mass is 35.5. The molecule has 8 nitrogen and oxygen atoms in total. The third-order valence-corrected chi connectivity index (χ3v) is 3.29. The third kappa shape index (κ3) is 4.33. The van der Waals surface area contributed by atoms with Gasteiger partial charge in [0.15, 0.2) is 11.5 Å². The summed E-state index contributed by atoms with van der Waals surface area (Å²) in [6.45, 7) is 0. The molecule has 2 amide bonds. The molecule has 0 heterocycles. The molecule has 0 aliphatic carbocycles. The summed E-state index contributed by atoms with van der Waals surface area (Å²) >= 11 is 6.01. The fourth-order valence-electron chi connectivity index (χ4n) is 1.82. The Balaban J connectivity index is 2.54. The quantitative estimate of drug-likeness (QED) is 0.470. The maximum absolute atomic E-state index is 11.4. The first-order valence-electron chi connectivity index (χ1n) is 6.71. The summed E-state index contributed by atoms with van der Waals surface area (Å²) in [6.07, 6.45) is 0. The molecule has 0 saturated heterocycles. The second-order valence-electron chi connectivity index (χ2n) is 4.66. The van der Waals surface area contributed by atoms with E-state index in [2.05, 4.69) is 0 Å². The minimum atomic E-state index is -1.36. The first-order chi connectivity index (χ1) is 11.8. The van der Waals surface area contributed by atoms with Crippen molar-refractivity contribution in [3.63, 3.8) is 0 Å². The van der Waals surface area contributed by atoms with E-state index in [0.29, 0.717) is 11.1 Å². The van der Waals surface area contributed by atoms with Gasteiger partial charge in [-0.3, -0.25) is 9.59 Å². The number of benzene rings is 2. The summed E-state index contributed by atoms with van der Waals surface area (Å²) in [7, 11) is 0. The van der Waals surface area contributed by atoms with E-state index in [4.69, 9.17) is 32.5 Å². The highest BCUT2D eigenvalue weighted by molar-refractivity contribution is 6.36. The summed E-state index contributed by atoms with van der Waals surface area (Å²) in [5.74, 6) is -5.95. The molecule has 0 bridgehead atoms. The maximum Gasteiger partial charge on any atom is 0.402 e. The van der Waals surface area contributed by atoms with E-state index in [9.17, 15) is 19.2 Å². The van der Waals surface area contributed by atoms with Crippen LogP contribution < -0.4 is 20.9 Å². The molecular formula is C16H11ClN2O6. The number of hydrogen-bond donors (Lipinski definition) is 2. The van der Waals surface area contributed by atoms with Crippen molar-refractivity contribution in [1.29, 1.82) is 0 Å². The van der Waals surface area contributed by atoms with E-state index >= 15 is 0 Å². The van der Waals surface area contributed by atoms with Crippen LogP contribution >= 0.6 is 11.6 Å². The highest BCUT2D eigenvalue weighted by Crippen LogP contribution is 2.39. The fourth-order valence-corrected chi connectivity index (χ4v) is 2.00. The molecule has 0 fully saturated rings. The van der Waals surface area contributed by atoms with Crippen LogP contribution in [-0.2, 0) is 19.2 Å². The molecule has 2 rings (SSSR count). The molecule has 0 unspecified atom stereocenters. The van der Waals surface area contributed by atoms with Gasteiger partial charge in [0.05, 0.1) is 0 Å². The Morgan fingerprint density at radius 3 is 1.60 bits per heavy atom. The van der Waals surface area contributed by atoms with Gasteiger partial charge in [-0.25, -0.2) is 9.59 Å². The predicted octanol–water partition coefficient (Wildman–Crippen LogP) is 0.788. The number of primary amides is 2. The van der Waals surface area contributed by atoms with E-state index in [1.165, 1.54) is 12.1 Å². The molecule has 25 heavy (non-hydrogen) atoms. The first kappa shape index (κ1) is 18.0. The summed E-state index contributed by atoms with van der Waals surface area (Å²) in [5, 5.41) is -0.316. The Morgan fingerprint density at radius 1 is 0.760 bits per heavy atom. The Hall–Kier alpha value is -3.39. The number of esters is 2. The number of halogens is 1. The van der Waals surface area contributed by atoms with Crippen molar-refractivity contribution >= 4 is 35.4 Å². The van der Waals surface area contributed by atoms with Crippen molar-refractivity contribution in [3.05, 3.63) is 47.5 Å². The van der Waals surface area contributed by atoms with Gasteiger partial charge >= 0.3 is 23.8 Å². The van der Waals surface area contributed by atoms with Crippen LogP contribution in [0, 0.1) is 0 Å². The second-order valence-corrected chi connectivity index (χ2v) is 5.04. The van der Waals surface area contributed by atoms with Crippen LogP contribution in [0.25, 0.3) is 11.1 Å². The van der Waals surface area contributed by atoms with Gasteiger partial charge < -0.3 is 20.9 Å². The van der Waals surface area contributed by atoms with Crippen molar-refractivity contribution < 1.29 is 28.7 Å². The van der Waals surface area contributed by atoms with Gasteiger partial charge in [0.2, 0.25) is 0 Å². The largest absolute Gasteiger partial charge is 0.418 e. The van der Waals surface area contributed by atoms with Gasteiger partial charge in [-0.1, -0.05) is 41.9 Å². The standard InChI is InChI=1S/C16H11ClN2O6/c17-12-10(24-15(22)13(18)20)6-9(8-4-2-1-3-5-8)7-11(12)25-16(23)14(19)21/h1-7H,(H2,18,20)(H2,19,21). The molecule has 4 N–H and O–H groups in total. The lowest BCUT2D eigenvalue weighted by molar-refractivity contribution is -0.146. The zero-order chi connectivity index (χ0) is 18.6. The molecule has 0 aromatic heterocycles. The summed E-state index contributed by atoms with van der Waals surface area (Å²) in [5.41, 5.74) is 10.8. The summed E-state index contributed by atoms with van der Waals surface area (Å²) < 4.78 is 9.60. The van der Waals surface area contributed by atoms with Crippen LogP contribution in [0.4, 0.5) is 0 Å². The molecule has 2 aromatic carbocycles. The van der Waals surface area contributed by atoms with Gasteiger partial charge in [0.1, 0.15) is 5.02 Å². The first-order valence-corrected chi connectivity index (χ1v) is 7.09. The number of ether oxygens (including phenoxy) is 2. The average molecular weight is 363 g/mol. The zero-order valence-electron chi connectivity index (χ0n) is 12.5. The van der Waals surface area contributed by atoms with Gasteiger partial charge in [0, 0.05) is 0 Å². The lowest BCUT2D eigenvalue weighted by Gasteiger charge is -2.12. The van der Waals surface area contributed by atoms with Crippen molar-refractivity contribution in [1.82, 2.24) is 0 Å². The highest BCUT2D eigenvalue weighted by Gasteiger charge is 2.21. The minimum absolute atomic E-state index is 0.279. The molecule has 0 spiro atoms. The van der Waals surface area contributed by atoms with Gasteiger partial charge in [0.25, 0.3) is 0 Å². The van der Waals surface area contributed by atoms with Gasteiger partial charge in [-0.2, -0.15) is 0 Å². The van der Waals surface area contributed by atoms with E-state index in [0.717, 1.165) is 0 Å². The molecule has 128 valence electrons. The van der Waals surface area contributed by atoms with Crippen LogP contribution in [0.1, 0.15) is 0 Å². The Labute approximate surface area is 146 Å². The van der Waals surface area contributed by atoms with E-state index in [-0.39, 0.29) is 16.5 Å². The number of rotatable bonds is 3. The van der Waals surface area contributed by atoms with Crippen LogP contribution in [0.5, 0.6) is 11.5 Å². The third-order valence-electron chi connectivity index (χ3n) is 2.92. The van der Waals surface area contributed by atoms with Crippen molar-refractivity contribution in [2.45, 2.75) is 0 Å². The topological polar surface area (TPSA) is 139 Å². The summed E-state index contributed by atoms with van der Waals surface area (Å²) in [4.78, 5) is 44.6. The van der Waals surface area contributed by atoms with Gasteiger partial charge in [-0.05, 0) is 23.3 Å². The van der Waals surface area contributed by atoms with Crippen LogP contribution in [0.15, 0.2) is 42.5 Å². The Morgan fingerprint density at radius 2 is 1.20 bits per heavy atom. The SMILES string of the molecule is NC(=O)C(=O)Oc1cc(-c2ccccc2)cc(OC(=O)C(N)=O)c1Cl. The monoisotopic (exact) mass is 362 g/mol. The molecule has 0 radical (unpaired) electrons. The van der Waals surface area contributed by atoms with Crippen LogP contribution in [-0.4, -0.2) is 23.8 Å². The van der Waals surface area contributed by atoms with Crippen LogP contribution in [0.2, 0.25) is 5.02 Å². The molecular weight excluding hydrogens is 352 g/mol. The number of nitrogens with two attached hydrogens (primary N) is 2. The molecule has 9 heteroatoms. The van der Waals surface area contributed by atoms with Crippen molar-refractivity contribution in [2.24, 2.45) is 11.5 Å². The lowest BCUT2D eigenvalue weighted by Crippen LogP contribution is -2.28. The van der Waals surface area contributed by atoms with Crippen LogP contribution in [0.3, 0.4) is 0 Å². The average Bonchev–Trinajstić information content (AvgIpc) is 2.58. The van der Waals surface area contributed by atoms with E-state index < -0.39 is 23.8 Å². The Kier molecular flexibility index (Phi) is 5.35. The van der Waals surface area contributed by atoms with E-state index in [1.54, 1.807) is 30.3 Å². The minimum Gasteiger partial charge on any atom is -0.418 e. The maximum atomic E-state index is 11.4. The van der Waals surface area contributed by atoms with Crippen molar-refractivity contribution in [3.8, 4) is 22.6 Å². The molecule has 2 aromatic rings. The normalized spacial score (nSPS) is 9.96. The number of amides is 2. The molecule has 0 aliphatic heterocycles. The molecule has 0 aliphatic rings. The zero-order valence-corrected chi connectivity index (χ0v) is 13.3. The number of carbonyl (C=O) groups is 4. The van der Waals surface area contributed by atoms with Crippen molar-refractivity contribution in [2.75, 3.05) is 0 Å². The lowest BCUT2D eigenvalue weighted by atomic mass is 10.1. The van der Waals surface area contributed by atoms with E-state index in [1.807, 2.05) is 0 Å². The molecule has 0 saturated carbocycles. The Bertz CT molecular complexity index is 817.